The van der Waals surface area contributed by atoms with E-state index in [9.17, 15) is 0 Å². The number of hydrogen-bond donors (Lipinski definition) is 0. The summed E-state index contributed by atoms with van der Waals surface area (Å²) in [5.41, 5.74) is 0.818. The van der Waals surface area contributed by atoms with Gasteiger partial charge in [-0.05, 0) is 12.8 Å². The molecule has 19 heavy (non-hydrogen) atoms. The second-order valence-electron chi connectivity index (χ2n) is 4.99. The molecule has 0 N–H and O–H groups in total. The predicted octanol–water partition coefficient (Wildman–Crippen LogP) is 2.50. The molecular formula is C13H18ClN5. The van der Waals surface area contributed by atoms with Crippen molar-refractivity contribution in [2.24, 2.45) is 0 Å². The Labute approximate surface area is 117 Å². The van der Waals surface area contributed by atoms with E-state index in [2.05, 4.69) is 20.1 Å². The Bertz CT molecular complexity index is 535. The number of alkyl halides is 1. The SMILES string of the molecule is ClCCN(c1nccn2cnnc12)C1CCCCC1. The van der Waals surface area contributed by atoms with Gasteiger partial charge >= 0.3 is 0 Å². The maximum Gasteiger partial charge on any atom is 0.203 e. The zero-order chi connectivity index (χ0) is 13.1. The first-order valence-corrected chi connectivity index (χ1v) is 7.40. The van der Waals surface area contributed by atoms with Crippen molar-refractivity contribution in [3.63, 3.8) is 0 Å². The van der Waals surface area contributed by atoms with E-state index in [0.717, 1.165) is 18.0 Å². The van der Waals surface area contributed by atoms with E-state index < -0.39 is 0 Å². The molecule has 0 aromatic carbocycles. The minimum Gasteiger partial charge on any atom is -0.349 e. The molecule has 2 heterocycles. The zero-order valence-corrected chi connectivity index (χ0v) is 11.6. The molecule has 1 aliphatic carbocycles. The van der Waals surface area contributed by atoms with Crippen LogP contribution in [-0.2, 0) is 0 Å². The first kappa shape index (κ1) is 12.7. The summed E-state index contributed by atoms with van der Waals surface area (Å²) in [5, 5.41) is 8.15. The van der Waals surface area contributed by atoms with Crippen molar-refractivity contribution < 1.29 is 0 Å². The molecule has 6 heteroatoms. The summed E-state index contributed by atoms with van der Waals surface area (Å²) in [6, 6.07) is 0.530. The molecule has 0 aliphatic heterocycles. The van der Waals surface area contributed by atoms with Gasteiger partial charge in [-0.1, -0.05) is 19.3 Å². The van der Waals surface area contributed by atoms with Gasteiger partial charge in [-0.15, -0.1) is 21.8 Å². The topological polar surface area (TPSA) is 46.3 Å². The molecule has 2 aromatic rings. The Morgan fingerprint density at radius 2 is 2.16 bits per heavy atom. The summed E-state index contributed by atoms with van der Waals surface area (Å²) in [6.07, 6.45) is 11.7. The lowest BCUT2D eigenvalue weighted by atomic mass is 9.94. The standard InChI is InChI=1S/C13H18ClN5/c14-6-8-19(11-4-2-1-3-5-11)12-13-17-16-10-18(13)9-7-15-12/h7,9-11H,1-6,8H2. The van der Waals surface area contributed by atoms with Gasteiger partial charge in [-0.25, -0.2) is 4.98 Å². The summed E-state index contributed by atoms with van der Waals surface area (Å²) in [5.74, 6) is 1.51. The lowest BCUT2D eigenvalue weighted by Gasteiger charge is -2.34. The van der Waals surface area contributed by atoms with Crippen LogP contribution in [0.15, 0.2) is 18.7 Å². The Hall–Kier alpha value is -1.36. The number of rotatable bonds is 4. The lowest BCUT2D eigenvalue weighted by Crippen LogP contribution is -2.39. The van der Waals surface area contributed by atoms with Crippen LogP contribution in [0.2, 0.25) is 0 Å². The first-order valence-electron chi connectivity index (χ1n) is 6.87. The second kappa shape index (κ2) is 5.74. The summed E-state index contributed by atoms with van der Waals surface area (Å²) >= 11 is 5.98. The van der Waals surface area contributed by atoms with Gasteiger partial charge < -0.3 is 4.90 Å². The molecule has 3 rings (SSSR count). The minimum absolute atomic E-state index is 0.530. The zero-order valence-electron chi connectivity index (χ0n) is 10.9. The van der Waals surface area contributed by atoms with E-state index >= 15 is 0 Å². The second-order valence-corrected chi connectivity index (χ2v) is 5.36. The molecule has 1 fully saturated rings. The molecule has 0 unspecified atom stereocenters. The van der Waals surface area contributed by atoms with Crippen molar-refractivity contribution in [1.29, 1.82) is 0 Å². The number of halogens is 1. The maximum atomic E-state index is 5.98. The minimum atomic E-state index is 0.530. The molecule has 0 amide bonds. The van der Waals surface area contributed by atoms with Gasteiger partial charge in [0.2, 0.25) is 5.65 Å². The van der Waals surface area contributed by atoms with E-state index in [4.69, 9.17) is 11.6 Å². The van der Waals surface area contributed by atoms with Crippen molar-refractivity contribution in [1.82, 2.24) is 19.6 Å². The Balaban J connectivity index is 1.96. The molecule has 1 saturated carbocycles. The number of hydrogen-bond acceptors (Lipinski definition) is 4. The third-order valence-corrected chi connectivity index (χ3v) is 3.98. The third kappa shape index (κ3) is 2.52. The van der Waals surface area contributed by atoms with Crippen molar-refractivity contribution in [2.75, 3.05) is 17.3 Å². The van der Waals surface area contributed by atoms with Crippen molar-refractivity contribution >= 4 is 23.1 Å². The number of aromatic nitrogens is 4. The molecule has 0 atom stereocenters. The van der Waals surface area contributed by atoms with Gasteiger partial charge in [0.05, 0.1) is 0 Å². The van der Waals surface area contributed by atoms with Crippen LogP contribution in [0.5, 0.6) is 0 Å². The van der Waals surface area contributed by atoms with Gasteiger partial charge in [0, 0.05) is 30.9 Å². The van der Waals surface area contributed by atoms with Crippen LogP contribution in [-0.4, -0.2) is 38.0 Å². The lowest BCUT2D eigenvalue weighted by molar-refractivity contribution is 0.417. The highest BCUT2D eigenvalue weighted by atomic mass is 35.5. The van der Waals surface area contributed by atoms with E-state index in [-0.39, 0.29) is 0 Å². The van der Waals surface area contributed by atoms with Crippen molar-refractivity contribution in [3.8, 4) is 0 Å². The Kier molecular flexibility index (Phi) is 3.82. The summed E-state index contributed by atoms with van der Waals surface area (Å²) in [7, 11) is 0. The van der Waals surface area contributed by atoms with E-state index in [0.29, 0.717) is 11.9 Å². The number of nitrogens with zero attached hydrogens (tertiary/aromatic N) is 5. The summed E-state index contributed by atoms with van der Waals surface area (Å²) in [6.45, 7) is 0.811. The quantitative estimate of drug-likeness (QED) is 0.807. The van der Waals surface area contributed by atoms with Crippen LogP contribution in [0.4, 0.5) is 5.82 Å². The fourth-order valence-electron chi connectivity index (χ4n) is 2.89. The summed E-state index contributed by atoms with van der Waals surface area (Å²) < 4.78 is 1.91. The smallest absolute Gasteiger partial charge is 0.203 e. The van der Waals surface area contributed by atoms with Gasteiger partial charge in [0.1, 0.15) is 6.33 Å². The van der Waals surface area contributed by atoms with E-state index in [1.807, 2.05) is 10.6 Å². The number of fused-ring (bicyclic) bond motifs is 1. The molecule has 1 aliphatic rings. The molecular weight excluding hydrogens is 262 g/mol. The highest BCUT2D eigenvalue weighted by Crippen LogP contribution is 2.27. The van der Waals surface area contributed by atoms with Gasteiger partial charge in [-0.2, -0.15) is 0 Å². The van der Waals surface area contributed by atoms with Crippen molar-refractivity contribution in [3.05, 3.63) is 18.7 Å². The average molecular weight is 280 g/mol. The van der Waals surface area contributed by atoms with Gasteiger partial charge in [0.25, 0.3) is 0 Å². The average Bonchev–Trinajstić information content (AvgIpc) is 2.94. The fraction of sp³-hybridized carbons (Fsp3) is 0.615. The molecule has 0 saturated heterocycles. The highest BCUT2D eigenvalue weighted by molar-refractivity contribution is 6.18. The van der Waals surface area contributed by atoms with E-state index in [1.54, 1.807) is 12.5 Å². The maximum absolute atomic E-state index is 5.98. The van der Waals surface area contributed by atoms with Gasteiger partial charge in [-0.3, -0.25) is 4.40 Å². The van der Waals surface area contributed by atoms with Gasteiger partial charge in [0.15, 0.2) is 5.82 Å². The van der Waals surface area contributed by atoms with Crippen LogP contribution < -0.4 is 4.90 Å². The normalized spacial score (nSPS) is 16.9. The van der Waals surface area contributed by atoms with Crippen molar-refractivity contribution in [2.45, 2.75) is 38.1 Å². The Morgan fingerprint density at radius 3 is 2.95 bits per heavy atom. The molecule has 5 nitrogen and oxygen atoms in total. The monoisotopic (exact) mass is 279 g/mol. The largest absolute Gasteiger partial charge is 0.349 e. The third-order valence-electron chi connectivity index (χ3n) is 3.81. The highest BCUT2D eigenvalue weighted by Gasteiger charge is 2.24. The van der Waals surface area contributed by atoms with Crippen LogP contribution in [0, 0.1) is 0 Å². The molecule has 2 aromatic heterocycles. The fourth-order valence-corrected chi connectivity index (χ4v) is 3.08. The van der Waals surface area contributed by atoms with Crippen LogP contribution >= 0.6 is 11.6 Å². The molecule has 102 valence electrons. The van der Waals surface area contributed by atoms with E-state index in [1.165, 1.54) is 32.1 Å². The van der Waals surface area contributed by atoms with Crippen LogP contribution in [0.25, 0.3) is 5.65 Å². The molecule has 0 radical (unpaired) electrons. The van der Waals surface area contributed by atoms with Crippen LogP contribution in [0.1, 0.15) is 32.1 Å². The van der Waals surface area contributed by atoms with Crippen LogP contribution in [0.3, 0.4) is 0 Å². The molecule has 0 bridgehead atoms. The summed E-state index contributed by atoms with van der Waals surface area (Å²) in [4.78, 5) is 6.83. The first-order chi connectivity index (χ1) is 9.40. The predicted molar refractivity (Wildman–Crippen MR) is 75.7 cm³/mol. The number of anilines is 1. The Morgan fingerprint density at radius 1 is 1.32 bits per heavy atom. The molecule has 0 spiro atoms.